The summed E-state index contributed by atoms with van der Waals surface area (Å²) < 4.78 is 0.291. The molecule has 1 saturated carbocycles. The first kappa shape index (κ1) is 15.9. The number of thioether (sulfide) groups is 1. The molecule has 0 aliphatic heterocycles. The van der Waals surface area contributed by atoms with E-state index in [4.69, 9.17) is 5.73 Å². The molecule has 2 rings (SSSR count). The van der Waals surface area contributed by atoms with Crippen molar-refractivity contribution in [1.29, 1.82) is 0 Å². The van der Waals surface area contributed by atoms with E-state index in [2.05, 4.69) is 45.0 Å². The highest BCUT2D eigenvalue weighted by atomic mass is 32.2. The van der Waals surface area contributed by atoms with Crippen molar-refractivity contribution in [3.05, 3.63) is 29.8 Å². The Morgan fingerprint density at radius 2 is 1.60 bits per heavy atom. The molecular formula is C18H29NS. The molecule has 0 unspecified atom stereocenters. The lowest BCUT2D eigenvalue weighted by molar-refractivity contribution is 0.0614. The first-order valence-electron chi connectivity index (χ1n) is 8.03. The predicted octanol–water partition coefficient (Wildman–Crippen LogP) is 5.17. The summed E-state index contributed by atoms with van der Waals surface area (Å²) >= 11 is 2.02. The third kappa shape index (κ3) is 3.40. The molecule has 2 N–H and O–H groups in total. The average molecular weight is 292 g/mol. The van der Waals surface area contributed by atoms with Crippen LogP contribution in [0, 0.1) is 12.3 Å². The van der Waals surface area contributed by atoms with Crippen LogP contribution in [-0.2, 0) is 0 Å². The smallest absolute Gasteiger partial charge is 0.0339 e. The Balaban J connectivity index is 2.04. The lowest BCUT2D eigenvalue weighted by atomic mass is 9.57. The van der Waals surface area contributed by atoms with E-state index < -0.39 is 0 Å². The largest absolute Gasteiger partial charge is 0.329 e. The van der Waals surface area contributed by atoms with Crippen LogP contribution in [0.25, 0.3) is 0 Å². The Morgan fingerprint density at radius 3 is 2.05 bits per heavy atom. The summed E-state index contributed by atoms with van der Waals surface area (Å²) in [5, 5.41) is 0. The third-order valence-corrected chi connectivity index (χ3v) is 6.08. The maximum absolute atomic E-state index is 6.14. The molecule has 0 amide bonds. The molecule has 112 valence electrons. The van der Waals surface area contributed by atoms with Gasteiger partial charge in [0, 0.05) is 16.2 Å². The van der Waals surface area contributed by atoms with Crippen LogP contribution in [0.2, 0.25) is 0 Å². The standard InChI is InChI=1S/C18H29NS/c1-4-10-17(11-5-2)12-18(13-17,14-19)20-16-8-6-15(3)7-9-16/h6-9H,4-5,10-14,19H2,1-3H3. The molecular weight excluding hydrogens is 262 g/mol. The van der Waals surface area contributed by atoms with E-state index in [-0.39, 0.29) is 0 Å². The molecule has 1 aromatic carbocycles. The fourth-order valence-corrected chi connectivity index (χ4v) is 5.58. The van der Waals surface area contributed by atoms with Gasteiger partial charge < -0.3 is 5.73 Å². The monoisotopic (exact) mass is 291 g/mol. The number of hydrogen-bond donors (Lipinski definition) is 1. The first-order chi connectivity index (χ1) is 9.57. The minimum absolute atomic E-state index is 0.291. The van der Waals surface area contributed by atoms with Crippen LogP contribution in [0.1, 0.15) is 57.9 Å². The van der Waals surface area contributed by atoms with Crippen molar-refractivity contribution in [3.8, 4) is 0 Å². The number of rotatable bonds is 7. The van der Waals surface area contributed by atoms with Crippen molar-refractivity contribution in [2.24, 2.45) is 11.1 Å². The molecule has 0 bridgehead atoms. The van der Waals surface area contributed by atoms with Gasteiger partial charge in [-0.3, -0.25) is 0 Å². The van der Waals surface area contributed by atoms with Gasteiger partial charge in [0.2, 0.25) is 0 Å². The Kier molecular flexibility index (Phi) is 5.19. The molecule has 0 radical (unpaired) electrons. The zero-order valence-corrected chi connectivity index (χ0v) is 14.1. The fraction of sp³-hybridized carbons (Fsp3) is 0.667. The van der Waals surface area contributed by atoms with Gasteiger partial charge in [-0.25, -0.2) is 0 Å². The molecule has 0 heterocycles. The molecule has 0 atom stereocenters. The zero-order chi connectivity index (χ0) is 14.6. The summed E-state index contributed by atoms with van der Waals surface area (Å²) in [4.78, 5) is 1.38. The molecule has 1 nitrogen and oxygen atoms in total. The molecule has 20 heavy (non-hydrogen) atoms. The van der Waals surface area contributed by atoms with E-state index in [1.165, 1.54) is 49.0 Å². The van der Waals surface area contributed by atoms with Crippen molar-refractivity contribution in [1.82, 2.24) is 0 Å². The van der Waals surface area contributed by atoms with Crippen LogP contribution >= 0.6 is 11.8 Å². The van der Waals surface area contributed by atoms with E-state index in [9.17, 15) is 0 Å². The van der Waals surface area contributed by atoms with Gasteiger partial charge in [0.15, 0.2) is 0 Å². The molecule has 1 aromatic rings. The van der Waals surface area contributed by atoms with Crippen LogP contribution in [0.15, 0.2) is 29.2 Å². The predicted molar refractivity (Wildman–Crippen MR) is 90.3 cm³/mol. The molecule has 1 fully saturated rings. The van der Waals surface area contributed by atoms with Crippen LogP contribution in [0.5, 0.6) is 0 Å². The number of benzene rings is 1. The zero-order valence-electron chi connectivity index (χ0n) is 13.2. The highest BCUT2D eigenvalue weighted by molar-refractivity contribution is 8.00. The Hall–Kier alpha value is -0.470. The highest BCUT2D eigenvalue weighted by Crippen LogP contribution is 2.61. The van der Waals surface area contributed by atoms with Crippen LogP contribution in [0.4, 0.5) is 0 Å². The van der Waals surface area contributed by atoms with Crippen LogP contribution in [-0.4, -0.2) is 11.3 Å². The average Bonchev–Trinajstić information content (AvgIpc) is 2.40. The maximum Gasteiger partial charge on any atom is 0.0339 e. The van der Waals surface area contributed by atoms with Gasteiger partial charge in [-0.15, -0.1) is 11.8 Å². The summed E-state index contributed by atoms with van der Waals surface area (Å²) in [5.74, 6) is 0. The van der Waals surface area contributed by atoms with E-state index in [0.29, 0.717) is 10.2 Å². The Bertz CT molecular complexity index is 410. The van der Waals surface area contributed by atoms with E-state index in [1.54, 1.807) is 0 Å². The number of nitrogens with two attached hydrogens (primary N) is 1. The van der Waals surface area contributed by atoms with Crippen molar-refractivity contribution >= 4 is 11.8 Å². The molecule has 2 heteroatoms. The van der Waals surface area contributed by atoms with Crippen molar-refractivity contribution < 1.29 is 0 Å². The van der Waals surface area contributed by atoms with E-state index in [0.717, 1.165) is 6.54 Å². The SMILES string of the molecule is CCCC1(CCC)CC(CN)(Sc2ccc(C)cc2)C1. The fourth-order valence-electron chi connectivity index (χ4n) is 3.97. The second kappa shape index (κ2) is 6.53. The molecule has 0 saturated heterocycles. The number of hydrogen-bond acceptors (Lipinski definition) is 2. The quantitative estimate of drug-likeness (QED) is 0.750. The molecule has 1 aliphatic rings. The van der Waals surface area contributed by atoms with Gasteiger partial charge in [-0.2, -0.15) is 0 Å². The normalized spacial score (nSPS) is 19.6. The van der Waals surface area contributed by atoms with Gasteiger partial charge in [0.05, 0.1) is 0 Å². The lowest BCUT2D eigenvalue weighted by Crippen LogP contribution is -2.53. The van der Waals surface area contributed by atoms with E-state index >= 15 is 0 Å². The number of aryl methyl sites for hydroxylation is 1. The summed E-state index contributed by atoms with van der Waals surface area (Å²) in [6.45, 7) is 7.57. The van der Waals surface area contributed by atoms with E-state index in [1.807, 2.05) is 11.8 Å². The topological polar surface area (TPSA) is 26.0 Å². The van der Waals surface area contributed by atoms with Crippen molar-refractivity contribution in [2.45, 2.75) is 68.9 Å². The van der Waals surface area contributed by atoms with Gasteiger partial charge in [0.25, 0.3) is 0 Å². The van der Waals surface area contributed by atoms with Crippen LogP contribution < -0.4 is 5.73 Å². The molecule has 0 spiro atoms. The molecule has 1 aliphatic carbocycles. The minimum Gasteiger partial charge on any atom is -0.329 e. The lowest BCUT2D eigenvalue weighted by Gasteiger charge is -2.56. The first-order valence-corrected chi connectivity index (χ1v) is 8.84. The summed E-state index contributed by atoms with van der Waals surface area (Å²) in [7, 11) is 0. The summed E-state index contributed by atoms with van der Waals surface area (Å²) in [5.41, 5.74) is 8.05. The highest BCUT2D eigenvalue weighted by Gasteiger charge is 2.52. The Morgan fingerprint density at radius 1 is 1.05 bits per heavy atom. The third-order valence-electron chi connectivity index (χ3n) is 4.68. The van der Waals surface area contributed by atoms with Gasteiger partial charge in [-0.1, -0.05) is 44.4 Å². The maximum atomic E-state index is 6.14. The Labute approximate surface area is 128 Å². The minimum atomic E-state index is 0.291. The summed E-state index contributed by atoms with van der Waals surface area (Å²) in [6, 6.07) is 8.90. The van der Waals surface area contributed by atoms with Gasteiger partial charge >= 0.3 is 0 Å². The van der Waals surface area contributed by atoms with Gasteiger partial charge in [0.1, 0.15) is 0 Å². The van der Waals surface area contributed by atoms with Crippen LogP contribution in [0.3, 0.4) is 0 Å². The molecule has 0 aromatic heterocycles. The van der Waals surface area contributed by atoms with Crippen molar-refractivity contribution in [3.63, 3.8) is 0 Å². The summed E-state index contributed by atoms with van der Waals surface area (Å²) in [6.07, 6.45) is 7.95. The van der Waals surface area contributed by atoms with Gasteiger partial charge in [-0.05, 0) is 50.2 Å². The van der Waals surface area contributed by atoms with Crippen molar-refractivity contribution in [2.75, 3.05) is 6.54 Å². The second-order valence-corrected chi connectivity index (χ2v) is 8.20. The second-order valence-electron chi connectivity index (χ2n) is 6.66.